The molecule has 0 radical (unpaired) electrons. The number of nitrogens with zero attached hydrogens (tertiary/aromatic N) is 2. The third-order valence-electron chi connectivity index (χ3n) is 2.22. The first-order chi connectivity index (χ1) is 7.65. The second-order valence-corrected chi connectivity index (χ2v) is 4.55. The van der Waals surface area contributed by atoms with Gasteiger partial charge in [-0.2, -0.15) is 0 Å². The third kappa shape index (κ3) is 2.58. The van der Waals surface area contributed by atoms with Crippen molar-refractivity contribution in [2.24, 2.45) is 0 Å². The van der Waals surface area contributed by atoms with Gasteiger partial charge in [0.2, 0.25) is 0 Å². The van der Waals surface area contributed by atoms with Crippen LogP contribution in [0.4, 0.5) is 11.5 Å². The first-order valence-corrected chi connectivity index (χ1v) is 5.76. The van der Waals surface area contributed by atoms with Crippen molar-refractivity contribution in [2.75, 3.05) is 5.32 Å². The Kier molecular flexibility index (Phi) is 3.19. The molecule has 16 heavy (non-hydrogen) atoms. The quantitative estimate of drug-likeness (QED) is 0.912. The van der Waals surface area contributed by atoms with Crippen molar-refractivity contribution in [1.29, 1.82) is 0 Å². The molecule has 0 saturated carbocycles. The SMILES string of the molecule is Cc1ccc(Nc2ncc(Br)cc2C)cn1. The van der Waals surface area contributed by atoms with Crippen LogP contribution in [0.25, 0.3) is 0 Å². The van der Waals surface area contributed by atoms with Gasteiger partial charge < -0.3 is 5.32 Å². The van der Waals surface area contributed by atoms with E-state index in [1.807, 2.05) is 32.0 Å². The molecule has 2 rings (SSSR count). The Balaban J connectivity index is 2.23. The summed E-state index contributed by atoms with van der Waals surface area (Å²) < 4.78 is 0.984. The maximum absolute atomic E-state index is 4.31. The van der Waals surface area contributed by atoms with Gasteiger partial charge in [0.1, 0.15) is 5.82 Å². The lowest BCUT2D eigenvalue weighted by Gasteiger charge is -2.08. The molecule has 0 fully saturated rings. The number of aromatic nitrogens is 2. The van der Waals surface area contributed by atoms with Gasteiger partial charge in [-0.3, -0.25) is 4.98 Å². The fourth-order valence-corrected chi connectivity index (χ4v) is 1.80. The molecule has 0 spiro atoms. The molecule has 0 aliphatic heterocycles. The van der Waals surface area contributed by atoms with E-state index in [9.17, 15) is 0 Å². The van der Waals surface area contributed by atoms with E-state index < -0.39 is 0 Å². The molecule has 2 aromatic heterocycles. The highest BCUT2D eigenvalue weighted by Crippen LogP contribution is 2.20. The zero-order valence-corrected chi connectivity index (χ0v) is 10.7. The molecule has 4 heteroatoms. The molecule has 0 aliphatic rings. The molecular weight excluding hydrogens is 266 g/mol. The van der Waals surface area contributed by atoms with E-state index in [4.69, 9.17) is 0 Å². The highest BCUT2D eigenvalue weighted by atomic mass is 79.9. The number of rotatable bonds is 2. The van der Waals surface area contributed by atoms with Crippen LogP contribution in [-0.2, 0) is 0 Å². The van der Waals surface area contributed by atoms with Crippen molar-refractivity contribution >= 4 is 27.4 Å². The first kappa shape index (κ1) is 11.1. The Morgan fingerprint density at radius 2 is 1.94 bits per heavy atom. The zero-order chi connectivity index (χ0) is 11.5. The average molecular weight is 278 g/mol. The maximum Gasteiger partial charge on any atom is 0.133 e. The Bertz CT molecular complexity index is 494. The lowest BCUT2D eigenvalue weighted by molar-refractivity contribution is 1.19. The minimum atomic E-state index is 0.855. The first-order valence-electron chi connectivity index (χ1n) is 4.97. The van der Waals surface area contributed by atoms with Crippen molar-refractivity contribution in [1.82, 2.24) is 9.97 Å². The lowest BCUT2D eigenvalue weighted by atomic mass is 10.3. The van der Waals surface area contributed by atoms with Crippen LogP contribution in [0.3, 0.4) is 0 Å². The smallest absolute Gasteiger partial charge is 0.133 e. The van der Waals surface area contributed by atoms with Crippen LogP contribution in [0.5, 0.6) is 0 Å². The molecule has 0 unspecified atom stereocenters. The Labute approximate surface area is 103 Å². The molecule has 0 bridgehead atoms. The van der Waals surface area contributed by atoms with E-state index in [-0.39, 0.29) is 0 Å². The molecule has 0 atom stereocenters. The van der Waals surface area contributed by atoms with Gasteiger partial charge in [0, 0.05) is 16.4 Å². The molecule has 0 aromatic carbocycles. The number of halogens is 1. The van der Waals surface area contributed by atoms with E-state index in [1.165, 1.54) is 0 Å². The Morgan fingerprint density at radius 1 is 1.12 bits per heavy atom. The summed E-state index contributed by atoms with van der Waals surface area (Å²) in [5.41, 5.74) is 3.05. The molecule has 2 heterocycles. The summed E-state index contributed by atoms with van der Waals surface area (Å²) in [5, 5.41) is 3.23. The van der Waals surface area contributed by atoms with Crippen molar-refractivity contribution in [3.63, 3.8) is 0 Å². The summed E-state index contributed by atoms with van der Waals surface area (Å²) in [6.45, 7) is 3.98. The van der Waals surface area contributed by atoms with Crippen molar-refractivity contribution in [3.05, 3.63) is 46.3 Å². The maximum atomic E-state index is 4.31. The number of anilines is 2. The van der Waals surface area contributed by atoms with E-state index in [2.05, 4.69) is 31.2 Å². The highest BCUT2D eigenvalue weighted by molar-refractivity contribution is 9.10. The van der Waals surface area contributed by atoms with Crippen molar-refractivity contribution in [2.45, 2.75) is 13.8 Å². The molecule has 3 nitrogen and oxygen atoms in total. The average Bonchev–Trinajstić information content (AvgIpc) is 2.25. The Morgan fingerprint density at radius 3 is 2.56 bits per heavy atom. The molecule has 0 saturated heterocycles. The summed E-state index contributed by atoms with van der Waals surface area (Å²) >= 11 is 3.39. The minimum Gasteiger partial charge on any atom is -0.339 e. The van der Waals surface area contributed by atoms with Crippen LogP contribution in [0, 0.1) is 13.8 Å². The van der Waals surface area contributed by atoms with Crippen molar-refractivity contribution in [3.8, 4) is 0 Å². The molecule has 0 amide bonds. The number of aryl methyl sites for hydroxylation is 2. The minimum absolute atomic E-state index is 0.855. The highest BCUT2D eigenvalue weighted by Gasteiger charge is 2.01. The van der Waals surface area contributed by atoms with Gasteiger partial charge in [0.05, 0.1) is 11.9 Å². The molecule has 1 N–H and O–H groups in total. The van der Waals surface area contributed by atoms with Crippen LogP contribution in [0.2, 0.25) is 0 Å². The fourth-order valence-electron chi connectivity index (χ4n) is 1.35. The Hall–Kier alpha value is -1.42. The van der Waals surface area contributed by atoms with Gasteiger partial charge in [-0.15, -0.1) is 0 Å². The van der Waals surface area contributed by atoms with Gasteiger partial charge in [-0.25, -0.2) is 4.98 Å². The summed E-state index contributed by atoms with van der Waals surface area (Å²) in [5.74, 6) is 0.855. The van der Waals surface area contributed by atoms with Crippen LogP contribution < -0.4 is 5.32 Å². The number of hydrogen-bond acceptors (Lipinski definition) is 3. The van der Waals surface area contributed by atoms with Gasteiger partial charge in [0.25, 0.3) is 0 Å². The fraction of sp³-hybridized carbons (Fsp3) is 0.167. The second-order valence-electron chi connectivity index (χ2n) is 3.63. The standard InChI is InChI=1S/C12H12BrN3/c1-8-5-10(13)6-15-12(8)16-11-4-3-9(2)14-7-11/h3-7H,1-2H3,(H,15,16). The van der Waals surface area contributed by atoms with Crippen LogP contribution in [0.15, 0.2) is 35.1 Å². The van der Waals surface area contributed by atoms with E-state index in [0.717, 1.165) is 27.2 Å². The van der Waals surface area contributed by atoms with Gasteiger partial charge in [-0.1, -0.05) is 0 Å². The summed E-state index contributed by atoms with van der Waals surface area (Å²) in [6, 6.07) is 5.99. The summed E-state index contributed by atoms with van der Waals surface area (Å²) in [6.07, 6.45) is 3.58. The molecule has 0 aliphatic carbocycles. The molecular formula is C12H12BrN3. The number of hydrogen-bond donors (Lipinski definition) is 1. The van der Waals surface area contributed by atoms with E-state index in [0.29, 0.717) is 0 Å². The number of pyridine rings is 2. The topological polar surface area (TPSA) is 37.8 Å². The third-order valence-corrected chi connectivity index (χ3v) is 2.65. The van der Waals surface area contributed by atoms with Crippen LogP contribution in [0.1, 0.15) is 11.3 Å². The predicted octanol–water partition coefficient (Wildman–Crippen LogP) is 3.60. The lowest BCUT2D eigenvalue weighted by Crippen LogP contribution is -1.96. The molecule has 82 valence electrons. The van der Waals surface area contributed by atoms with Gasteiger partial charge >= 0.3 is 0 Å². The molecule has 2 aromatic rings. The largest absolute Gasteiger partial charge is 0.339 e. The van der Waals surface area contributed by atoms with E-state index in [1.54, 1.807) is 12.4 Å². The van der Waals surface area contributed by atoms with E-state index >= 15 is 0 Å². The van der Waals surface area contributed by atoms with Crippen LogP contribution in [-0.4, -0.2) is 9.97 Å². The van der Waals surface area contributed by atoms with Crippen molar-refractivity contribution < 1.29 is 0 Å². The summed E-state index contributed by atoms with van der Waals surface area (Å²) in [7, 11) is 0. The normalized spacial score (nSPS) is 10.2. The van der Waals surface area contributed by atoms with Gasteiger partial charge in [-0.05, 0) is 53.5 Å². The zero-order valence-electron chi connectivity index (χ0n) is 9.16. The second kappa shape index (κ2) is 4.61. The monoisotopic (exact) mass is 277 g/mol. The predicted molar refractivity (Wildman–Crippen MR) is 68.9 cm³/mol. The van der Waals surface area contributed by atoms with Gasteiger partial charge in [0.15, 0.2) is 0 Å². The van der Waals surface area contributed by atoms with Crippen LogP contribution >= 0.6 is 15.9 Å². The summed E-state index contributed by atoms with van der Waals surface area (Å²) in [4.78, 5) is 8.53. The number of nitrogens with one attached hydrogen (secondary N) is 1.